The summed E-state index contributed by atoms with van der Waals surface area (Å²) in [7, 11) is 0. The minimum absolute atomic E-state index is 0.269. The minimum atomic E-state index is -5.59. The van der Waals surface area contributed by atoms with Crippen molar-refractivity contribution in [1.29, 1.82) is 0 Å². The Hall–Kier alpha value is -2.36. The van der Waals surface area contributed by atoms with Crippen LogP contribution in [0.3, 0.4) is 0 Å². The van der Waals surface area contributed by atoms with Crippen LogP contribution in [0.15, 0.2) is 53.6 Å². The number of hydrogen-bond donors (Lipinski definition) is 3. The normalized spacial score (nSPS) is 28.9. The highest BCUT2D eigenvalue weighted by Gasteiger charge is 2.77. The van der Waals surface area contributed by atoms with Gasteiger partial charge in [0.25, 0.3) is 0 Å². The van der Waals surface area contributed by atoms with Gasteiger partial charge in [0.05, 0.1) is 12.8 Å². The molecule has 7 nitrogen and oxygen atoms in total. The van der Waals surface area contributed by atoms with Gasteiger partial charge in [-0.2, -0.15) is 13.2 Å². The summed E-state index contributed by atoms with van der Waals surface area (Å²) >= 11 is 7.15. The van der Waals surface area contributed by atoms with Crippen molar-refractivity contribution in [3.05, 3.63) is 66.1 Å². The highest BCUT2D eigenvalue weighted by Crippen LogP contribution is 2.55. The van der Waals surface area contributed by atoms with Gasteiger partial charge in [-0.05, 0) is 24.3 Å². The van der Waals surface area contributed by atoms with Crippen LogP contribution in [0, 0.1) is 17.5 Å². The van der Waals surface area contributed by atoms with Gasteiger partial charge in [-0.15, -0.1) is 5.10 Å². The molecule has 2 aromatic carbocycles. The number of aromatic nitrogens is 3. The molecule has 1 saturated heterocycles. The van der Waals surface area contributed by atoms with E-state index in [0.717, 1.165) is 11.8 Å². The lowest BCUT2D eigenvalue weighted by atomic mass is 9.81. The van der Waals surface area contributed by atoms with Gasteiger partial charge in [0, 0.05) is 10.5 Å². The van der Waals surface area contributed by atoms with E-state index in [1.165, 1.54) is 0 Å². The lowest BCUT2D eigenvalue weighted by molar-refractivity contribution is -0.358. The molecule has 0 aliphatic carbocycles. The minimum Gasteiger partial charge on any atom is -0.394 e. The molecule has 3 N–H and O–H groups in total. The van der Waals surface area contributed by atoms with Crippen molar-refractivity contribution >= 4 is 23.4 Å². The maximum absolute atomic E-state index is 14.3. The van der Waals surface area contributed by atoms with E-state index < -0.39 is 69.7 Å². The third-order valence-corrected chi connectivity index (χ3v) is 7.48. The standard InChI is InChI=1S/C21H16ClF6N3O4S/c22-20(31-8-14(29-30-31)10-6-12(23)16(25)13(24)7-10)17(33)18(36-11-4-2-1-3-5-11)35-15(9-32)19(20,34)21(26,27)28/h1-8,15,17-18,32-34H,9H2/t15-,17+,18-,19?,20-/m0/s1. The topological polar surface area (TPSA) is 101 Å². The summed E-state index contributed by atoms with van der Waals surface area (Å²) in [6, 6.07) is 9.09. The van der Waals surface area contributed by atoms with E-state index in [1.807, 2.05) is 0 Å². The molecule has 1 aliphatic rings. The third kappa shape index (κ3) is 4.15. The summed E-state index contributed by atoms with van der Waals surface area (Å²) < 4.78 is 89.1. The van der Waals surface area contributed by atoms with Crippen LogP contribution in [0.25, 0.3) is 11.3 Å². The molecule has 1 unspecified atom stereocenters. The molecule has 15 heteroatoms. The first-order valence-electron chi connectivity index (χ1n) is 10.1. The molecule has 194 valence electrons. The van der Waals surface area contributed by atoms with Crippen molar-refractivity contribution in [2.24, 2.45) is 0 Å². The smallest absolute Gasteiger partial charge is 0.394 e. The highest BCUT2D eigenvalue weighted by molar-refractivity contribution is 7.99. The number of nitrogens with zero attached hydrogens (tertiary/aromatic N) is 3. The number of halogens is 7. The maximum Gasteiger partial charge on any atom is 0.423 e. The number of benzene rings is 2. The number of aliphatic hydroxyl groups is 3. The molecule has 1 aliphatic heterocycles. The zero-order valence-corrected chi connectivity index (χ0v) is 19.3. The van der Waals surface area contributed by atoms with E-state index in [1.54, 1.807) is 30.3 Å². The molecule has 0 amide bonds. The number of aliphatic hydroxyl groups excluding tert-OH is 2. The SMILES string of the molecule is OC[C@@H]1O[C@@H](Sc2ccccc2)[C@@H](O)[C@](Cl)(n2cc(-c3cc(F)c(F)c(F)c3)nn2)C1(O)C(F)(F)F. The molecule has 4 rings (SSSR count). The summed E-state index contributed by atoms with van der Waals surface area (Å²) in [4.78, 5) is -2.84. The van der Waals surface area contributed by atoms with E-state index in [0.29, 0.717) is 23.2 Å². The third-order valence-electron chi connectivity index (χ3n) is 5.65. The number of alkyl halides is 4. The Morgan fingerprint density at radius 3 is 2.28 bits per heavy atom. The first-order valence-corrected chi connectivity index (χ1v) is 11.3. The largest absolute Gasteiger partial charge is 0.423 e. The quantitative estimate of drug-likeness (QED) is 0.252. The van der Waals surface area contributed by atoms with Crippen LogP contribution in [0.1, 0.15) is 0 Å². The van der Waals surface area contributed by atoms with Gasteiger partial charge in [-0.1, -0.05) is 46.8 Å². The zero-order chi connectivity index (χ0) is 26.5. The second kappa shape index (κ2) is 9.50. The Morgan fingerprint density at radius 2 is 1.72 bits per heavy atom. The highest BCUT2D eigenvalue weighted by atomic mass is 35.5. The molecule has 2 heterocycles. The van der Waals surface area contributed by atoms with Gasteiger partial charge >= 0.3 is 6.18 Å². The molecule has 0 radical (unpaired) electrons. The first kappa shape index (κ1) is 26.7. The van der Waals surface area contributed by atoms with Gasteiger partial charge in [0.1, 0.15) is 23.3 Å². The number of thioether (sulfide) groups is 1. The van der Waals surface area contributed by atoms with Gasteiger partial charge in [-0.3, -0.25) is 0 Å². The molecule has 0 saturated carbocycles. The Labute approximate surface area is 208 Å². The van der Waals surface area contributed by atoms with Crippen molar-refractivity contribution in [3.63, 3.8) is 0 Å². The van der Waals surface area contributed by atoms with Crippen molar-refractivity contribution in [1.82, 2.24) is 15.0 Å². The zero-order valence-electron chi connectivity index (χ0n) is 17.7. The molecule has 5 atom stereocenters. The van der Waals surface area contributed by atoms with Gasteiger partial charge in [-0.25, -0.2) is 17.9 Å². The van der Waals surface area contributed by atoms with Gasteiger partial charge in [0.15, 0.2) is 17.5 Å². The number of hydrogen-bond acceptors (Lipinski definition) is 7. The molecule has 36 heavy (non-hydrogen) atoms. The van der Waals surface area contributed by atoms with Crippen LogP contribution >= 0.6 is 23.4 Å². The molecule has 1 aromatic heterocycles. The second-order valence-corrected chi connectivity index (χ2v) is 9.54. The Bertz CT molecular complexity index is 1230. The molecule has 3 aromatic rings. The predicted molar refractivity (Wildman–Crippen MR) is 114 cm³/mol. The summed E-state index contributed by atoms with van der Waals surface area (Å²) in [5.41, 5.74) is -6.56. The van der Waals surface area contributed by atoms with Crippen LogP contribution < -0.4 is 0 Å². The average molecular weight is 556 g/mol. The predicted octanol–water partition coefficient (Wildman–Crippen LogP) is 3.42. The van der Waals surface area contributed by atoms with E-state index in [-0.39, 0.29) is 4.68 Å². The fraction of sp³-hybridized carbons (Fsp3) is 0.333. The van der Waals surface area contributed by atoms with E-state index in [2.05, 4.69) is 10.3 Å². The van der Waals surface area contributed by atoms with Crippen LogP contribution in [0.2, 0.25) is 0 Å². The van der Waals surface area contributed by atoms with E-state index in [9.17, 15) is 41.7 Å². The van der Waals surface area contributed by atoms with Gasteiger partial charge < -0.3 is 20.1 Å². The van der Waals surface area contributed by atoms with E-state index >= 15 is 0 Å². The number of ether oxygens (including phenoxy) is 1. The van der Waals surface area contributed by atoms with Crippen molar-refractivity contribution in [3.8, 4) is 11.3 Å². The summed E-state index contributed by atoms with van der Waals surface area (Å²) in [6.07, 6.45) is -9.64. The molecule has 0 bridgehead atoms. The molecule has 1 fully saturated rings. The van der Waals surface area contributed by atoms with Crippen molar-refractivity contribution < 1.29 is 46.4 Å². The van der Waals surface area contributed by atoms with E-state index in [4.69, 9.17) is 16.3 Å². The van der Waals surface area contributed by atoms with Crippen molar-refractivity contribution in [2.75, 3.05) is 6.61 Å². The average Bonchev–Trinajstić information content (AvgIpc) is 3.33. The fourth-order valence-corrected chi connectivity index (χ4v) is 5.42. The molecule has 0 spiro atoms. The van der Waals surface area contributed by atoms with Crippen LogP contribution in [0.5, 0.6) is 0 Å². The van der Waals surface area contributed by atoms with Crippen LogP contribution in [-0.4, -0.2) is 66.3 Å². The molecular formula is C21H16ClF6N3O4S. The second-order valence-electron chi connectivity index (χ2n) is 7.79. The number of rotatable bonds is 5. The van der Waals surface area contributed by atoms with Gasteiger partial charge in [0.2, 0.25) is 10.6 Å². The Morgan fingerprint density at radius 1 is 1.11 bits per heavy atom. The van der Waals surface area contributed by atoms with Crippen molar-refractivity contribution in [2.45, 2.75) is 39.3 Å². The maximum atomic E-state index is 14.3. The fourth-order valence-electron chi connectivity index (χ4n) is 3.82. The molecular weight excluding hydrogens is 540 g/mol. The van der Waals surface area contributed by atoms with Crippen LogP contribution in [-0.2, 0) is 9.73 Å². The Balaban J connectivity index is 1.84. The summed E-state index contributed by atoms with van der Waals surface area (Å²) in [5, 5.41) is 38.7. The monoisotopic (exact) mass is 555 g/mol. The summed E-state index contributed by atoms with van der Waals surface area (Å²) in [5.74, 6) is -4.98. The lowest BCUT2D eigenvalue weighted by Crippen LogP contribution is -2.77. The van der Waals surface area contributed by atoms with Crippen LogP contribution in [0.4, 0.5) is 26.3 Å². The Kier molecular flexibility index (Phi) is 7.05. The lowest BCUT2D eigenvalue weighted by Gasteiger charge is -2.54. The summed E-state index contributed by atoms with van der Waals surface area (Å²) in [6.45, 7) is -1.36. The first-order chi connectivity index (χ1) is 16.8.